The van der Waals surface area contributed by atoms with Crippen molar-refractivity contribution in [2.45, 2.75) is 24.1 Å². The van der Waals surface area contributed by atoms with Gasteiger partial charge in [0.25, 0.3) is 0 Å². The van der Waals surface area contributed by atoms with Gasteiger partial charge < -0.3 is 10.2 Å². The van der Waals surface area contributed by atoms with E-state index in [0.29, 0.717) is 12.0 Å². The van der Waals surface area contributed by atoms with Crippen molar-refractivity contribution in [3.05, 3.63) is 52.8 Å². The number of halogens is 1. The molecular formula is C21H20FN3S. The van der Waals surface area contributed by atoms with Gasteiger partial charge >= 0.3 is 0 Å². The molecule has 132 valence electrons. The van der Waals surface area contributed by atoms with E-state index >= 15 is 0 Å². The lowest BCUT2D eigenvalue weighted by Gasteiger charge is -2.33. The summed E-state index contributed by atoms with van der Waals surface area (Å²) in [5.74, 6) is 2.26. The minimum atomic E-state index is -0.450. The van der Waals surface area contributed by atoms with E-state index in [1.54, 1.807) is 12.1 Å². The number of nitriles is 1. The Hall–Kier alpha value is -2.03. The second kappa shape index (κ2) is 6.29. The van der Waals surface area contributed by atoms with E-state index in [1.165, 1.54) is 29.3 Å². The molecule has 3 aliphatic heterocycles. The Bertz CT molecular complexity index is 920. The fourth-order valence-corrected chi connectivity index (χ4v) is 5.65. The average Bonchev–Trinajstić information content (AvgIpc) is 2.84. The maximum Gasteiger partial charge on any atom is 0.140 e. The van der Waals surface area contributed by atoms with Crippen LogP contribution in [-0.2, 0) is 5.75 Å². The van der Waals surface area contributed by atoms with Crippen LogP contribution in [0.25, 0.3) is 11.1 Å². The molecule has 0 aromatic heterocycles. The second-order valence-electron chi connectivity index (χ2n) is 7.29. The molecule has 0 radical (unpaired) electrons. The Labute approximate surface area is 157 Å². The molecule has 5 rings (SSSR count). The summed E-state index contributed by atoms with van der Waals surface area (Å²) in [4.78, 5) is 2.64. The zero-order valence-electron chi connectivity index (χ0n) is 14.5. The fraction of sp³-hybridized carbons (Fsp3) is 0.381. The number of nitrogens with zero attached hydrogens (tertiary/aromatic N) is 2. The molecular weight excluding hydrogens is 345 g/mol. The molecule has 3 heterocycles. The van der Waals surface area contributed by atoms with Gasteiger partial charge in [0.15, 0.2) is 0 Å². The highest BCUT2D eigenvalue weighted by molar-refractivity contribution is 7.98. The van der Waals surface area contributed by atoms with Crippen molar-refractivity contribution in [2.24, 2.45) is 0 Å². The fourth-order valence-electron chi connectivity index (χ4n) is 4.74. The predicted octanol–water partition coefficient (Wildman–Crippen LogP) is 3.88. The van der Waals surface area contributed by atoms with Crippen molar-refractivity contribution < 1.29 is 4.39 Å². The van der Waals surface area contributed by atoms with E-state index in [0.717, 1.165) is 42.3 Å². The van der Waals surface area contributed by atoms with Crippen LogP contribution in [0.5, 0.6) is 0 Å². The van der Waals surface area contributed by atoms with Crippen molar-refractivity contribution in [1.82, 2.24) is 5.32 Å². The molecule has 1 saturated heterocycles. The second-order valence-corrected chi connectivity index (χ2v) is 8.40. The number of hydrogen-bond donors (Lipinski definition) is 1. The van der Waals surface area contributed by atoms with E-state index in [-0.39, 0.29) is 5.56 Å². The molecule has 5 heteroatoms. The molecule has 0 aliphatic carbocycles. The summed E-state index contributed by atoms with van der Waals surface area (Å²) in [6.07, 6.45) is 1.19. The third-order valence-corrected chi connectivity index (χ3v) is 6.89. The maximum absolute atomic E-state index is 13.7. The molecule has 0 saturated carbocycles. The molecule has 0 unspecified atom stereocenters. The Balaban J connectivity index is 1.67. The van der Waals surface area contributed by atoms with E-state index in [4.69, 9.17) is 0 Å². The minimum absolute atomic E-state index is 0.113. The molecule has 2 aromatic rings. The van der Waals surface area contributed by atoms with E-state index in [9.17, 15) is 9.65 Å². The van der Waals surface area contributed by atoms with Gasteiger partial charge in [-0.05, 0) is 59.5 Å². The van der Waals surface area contributed by atoms with Gasteiger partial charge in [0.2, 0.25) is 0 Å². The van der Waals surface area contributed by atoms with Crippen molar-refractivity contribution >= 4 is 17.4 Å². The zero-order chi connectivity index (χ0) is 17.7. The van der Waals surface area contributed by atoms with Crippen molar-refractivity contribution in [3.8, 4) is 17.2 Å². The number of fused-ring (bicyclic) bond motifs is 3. The molecule has 0 spiro atoms. The Kier molecular flexibility index (Phi) is 3.91. The van der Waals surface area contributed by atoms with Gasteiger partial charge in [-0.1, -0.05) is 6.07 Å². The summed E-state index contributed by atoms with van der Waals surface area (Å²) in [5.41, 5.74) is 6.40. The predicted molar refractivity (Wildman–Crippen MR) is 104 cm³/mol. The van der Waals surface area contributed by atoms with Gasteiger partial charge in [-0.3, -0.25) is 0 Å². The summed E-state index contributed by atoms with van der Waals surface area (Å²) < 4.78 is 13.7. The van der Waals surface area contributed by atoms with Crippen molar-refractivity contribution in [3.63, 3.8) is 0 Å². The molecule has 0 amide bonds. The molecule has 1 N–H and O–H groups in total. The van der Waals surface area contributed by atoms with Gasteiger partial charge in [0, 0.05) is 42.2 Å². The quantitative estimate of drug-likeness (QED) is 0.833. The normalized spacial score (nSPS) is 23.8. The van der Waals surface area contributed by atoms with Crippen LogP contribution in [0, 0.1) is 17.1 Å². The van der Waals surface area contributed by atoms with Gasteiger partial charge in [-0.25, -0.2) is 4.39 Å². The largest absolute Gasteiger partial charge is 0.367 e. The SMILES string of the molecule is N#Cc1cc(-c2cc3c4c(c2)[C@@H]2CNCC[C@@H]2N4CCSC3)ccc1F. The van der Waals surface area contributed by atoms with Crippen LogP contribution in [0.1, 0.15) is 29.0 Å². The van der Waals surface area contributed by atoms with Crippen LogP contribution in [0.4, 0.5) is 10.1 Å². The highest BCUT2D eigenvalue weighted by atomic mass is 32.2. The molecule has 0 bridgehead atoms. The number of benzene rings is 2. The van der Waals surface area contributed by atoms with Gasteiger partial charge in [0.1, 0.15) is 11.9 Å². The monoisotopic (exact) mass is 365 g/mol. The van der Waals surface area contributed by atoms with E-state index in [1.807, 2.05) is 17.8 Å². The number of hydrogen-bond acceptors (Lipinski definition) is 4. The summed E-state index contributed by atoms with van der Waals surface area (Å²) in [6, 6.07) is 12.0. The average molecular weight is 365 g/mol. The first-order chi connectivity index (χ1) is 12.8. The number of piperidine rings is 1. The summed E-state index contributed by atoms with van der Waals surface area (Å²) in [6.45, 7) is 3.24. The topological polar surface area (TPSA) is 39.1 Å². The molecule has 2 aromatic carbocycles. The van der Waals surface area contributed by atoms with Crippen LogP contribution in [0.2, 0.25) is 0 Å². The Morgan fingerprint density at radius 3 is 3.04 bits per heavy atom. The minimum Gasteiger partial charge on any atom is -0.367 e. The first kappa shape index (κ1) is 16.2. The summed E-state index contributed by atoms with van der Waals surface area (Å²) in [5, 5.41) is 12.7. The lowest BCUT2D eigenvalue weighted by molar-refractivity contribution is 0.406. The number of rotatable bonds is 1. The molecule has 2 atom stereocenters. The van der Waals surface area contributed by atoms with E-state index in [2.05, 4.69) is 22.3 Å². The number of nitrogens with one attached hydrogen (secondary N) is 1. The number of thioether (sulfide) groups is 1. The van der Waals surface area contributed by atoms with E-state index < -0.39 is 5.82 Å². The van der Waals surface area contributed by atoms with Gasteiger partial charge in [0.05, 0.1) is 5.56 Å². The lowest BCUT2D eigenvalue weighted by Crippen LogP contribution is -2.44. The maximum atomic E-state index is 13.7. The smallest absolute Gasteiger partial charge is 0.140 e. The van der Waals surface area contributed by atoms with Gasteiger partial charge in [-0.15, -0.1) is 0 Å². The standard InChI is InChI=1S/C21H20FN3S/c22-19-2-1-13(7-15(19)10-23)14-8-16-12-26-6-5-25-20-3-4-24-11-18(20)17(9-14)21(16)25/h1-2,7-9,18,20,24H,3-6,11-12H2/t18-,20-/m0/s1. The molecule has 3 aliphatic rings. The summed E-state index contributed by atoms with van der Waals surface area (Å²) in [7, 11) is 0. The Morgan fingerprint density at radius 1 is 1.23 bits per heavy atom. The molecule has 26 heavy (non-hydrogen) atoms. The number of anilines is 1. The molecule has 1 fully saturated rings. The Morgan fingerprint density at radius 2 is 2.15 bits per heavy atom. The third-order valence-electron chi connectivity index (χ3n) is 5.91. The van der Waals surface area contributed by atoms with Crippen molar-refractivity contribution in [2.75, 3.05) is 30.3 Å². The molecule has 3 nitrogen and oxygen atoms in total. The van der Waals surface area contributed by atoms with Crippen LogP contribution in [0.3, 0.4) is 0 Å². The van der Waals surface area contributed by atoms with Crippen LogP contribution in [0.15, 0.2) is 30.3 Å². The van der Waals surface area contributed by atoms with Gasteiger partial charge in [-0.2, -0.15) is 17.0 Å². The van der Waals surface area contributed by atoms with Crippen LogP contribution in [-0.4, -0.2) is 31.4 Å². The highest BCUT2D eigenvalue weighted by Crippen LogP contribution is 2.49. The first-order valence-electron chi connectivity index (χ1n) is 9.18. The zero-order valence-corrected chi connectivity index (χ0v) is 15.3. The van der Waals surface area contributed by atoms with Crippen molar-refractivity contribution in [1.29, 1.82) is 5.26 Å². The lowest BCUT2D eigenvalue weighted by atomic mass is 9.87. The van der Waals surface area contributed by atoms with Crippen LogP contribution < -0.4 is 10.2 Å². The highest BCUT2D eigenvalue weighted by Gasteiger charge is 2.41. The first-order valence-corrected chi connectivity index (χ1v) is 10.3. The third kappa shape index (κ3) is 2.44. The van der Waals surface area contributed by atoms with Crippen LogP contribution >= 0.6 is 11.8 Å². The summed E-state index contributed by atoms with van der Waals surface area (Å²) >= 11 is 1.99.